The number of carbonyl (C=O) groups is 2. The zero-order valence-electron chi connectivity index (χ0n) is 15.0. The maximum atomic E-state index is 12.6. The molecule has 148 valence electrons. The van der Waals surface area contributed by atoms with E-state index in [1.54, 1.807) is 13.8 Å². The maximum Gasteiger partial charge on any atom is 0.456 e. The molecular weight excluding hydrogens is 351 g/mol. The highest BCUT2D eigenvalue weighted by molar-refractivity contribution is 5.78. The number of carbonyl (C=O) groups excluding carboxylic acids is 2. The summed E-state index contributed by atoms with van der Waals surface area (Å²) >= 11 is 0. The minimum Gasteiger partial charge on any atom is -0.456 e. The van der Waals surface area contributed by atoms with Gasteiger partial charge in [0.05, 0.1) is 5.92 Å². The third-order valence-corrected chi connectivity index (χ3v) is 4.00. The lowest BCUT2D eigenvalue weighted by Crippen LogP contribution is -2.41. The van der Waals surface area contributed by atoms with Gasteiger partial charge in [-0.3, -0.25) is 4.79 Å². The minimum atomic E-state index is -5.82. The topological polar surface area (TPSA) is 52.6 Å². The molecule has 0 aromatic heterocycles. The summed E-state index contributed by atoms with van der Waals surface area (Å²) in [6.07, 6.45) is -4.53. The van der Waals surface area contributed by atoms with Gasteiger partial charge in [0.2, 0.25) is 0 Å². The van der Waals surface area contributed by atoms with Crippen LogP contribution in [0.3, 0.4) is 0 Å². The maximum absolute atomic E-state index is 12.6. The van der Waals surface area contributed by atoms with Crippen LogP contribution in [0.25, 0.3) is 0 Å². The number of halogens is 5. The molecule has 0 amide bonds. The molecule has 0 N–H and O–H groups in total. The lowest BCUT2D eigenvalue weighted by atomic mass is 9.77. The summed E-state index contributed by atoms with van der Waals surface area (Å²) in [7, 11) is 0. The zero-order chi connectivity index (χ0) is 20.1. The molecule has 0 saturated heterocycles. The fourth-order valence-electron chi connectivity index (χ4n) is 1.86. The molecule has 0 spiro atoms. The summed E-state index contributed by atoms with van der Waals surface area (Å²) in [4.78, 5) is 23.3. The first kappa shape index (κ1) is 23.6. The molecule has 0 bridgehead atoms. The number of rotatable bonds is 9. The Morgan fingerprint density at radius 2 is 1.52 bits per heavy atom. The molecule has 0 rings (SSSR count). The van der Waals surface area contributed by atoms with E-state index < -0.39 is 43.2 Å². The third kappa shape index (κ3) is 8.00. The van der Waals surface area contributed by atoms with Crippen LogP contribution in [0.5, 0.6) is 0 Å². The Kier molecular flexibility index (Phi) is 8.30. The second-order valence-corrected chi connectivity index (χ2v) is 7.04. The molecule has 0 aliphatic carbocycles. The van der Waals surface area contributed by atoms with E-state index in [-0.39, 0.29) is 11.3 Å². The van der Waals surface area contributed by atoms with Crippen LogP contribution in [0, 0.1) is 17.3 Å². The highest BCUT2D eigenvalue weighted by Gasteiger charge is 2.58. The normalized spacial score (nSPS) is 14.4. The molecule has 0 aliphatic heterocycles. The molecule has 0 aromatic carbocycles. The first-order valence-corrected chi connectivity index (χ1v) is 7.90. The summed E-state index contributed by atoms with van der Waals surface area (Å²) in [5.41, 5.74) is -0.150. The lowest BCUT2D eigenvalue weighted by molar-refractivity contribution is -0.294. The number of hydrogen-bond acceptors (Lipinski definition) is 4. The van der Waals surface area contributed by atoms with Crippen LogP contribution < -0.4 is 0 Å². The zero-order valence-corrected chi connectivity index (χ0v) is 15.0. The molecule has 0 radical (unpaired) electrons. The van der Waals surface area contributed by atoms with Crippen LogP contribution in [0.15, 0.2) is 0 Å². The lowest BCUT2D eigenvalue weighted by Gasteiger charge is -2.29. The molecule has 0 saturated carbocycles. The largest absolute Gasteiger partial charge is 0.456 e. The van der Waals surface area contributed by atoms with Crippen LogP contribution in [0.2, 0.25) is 0 Å². The Bertz CT molecular complexity index is 458. The Morgan fingerprint density at radius 3 is 1.92 bits per heavy atom. The van der Waals surface area contributed by atoms with Gasteiger partial charge in [-0.25, -0.2) is 4.79 Å². The Balaban J connectivity index is 4.58. The molecule has 25 heavy (non-hydrogen) atoms. The highest BCUT2D eigenvalue weighted by Crippen LogP contribution is 2.35. The average Bonchev–Trinajstić information content (AvgIpc) is 2.47. The summed E-state index contributed by atoms with van der Waals surface area (Å²) in [5, 5.41) is 0. The average molecular weight is 376 g/mol. The monoisotopic (exact) mass is 376 g/mol. The fraction of sp³-hybridized carbons (Fsp3) is 0.875. The quantitative estimate of drug-likeness (QED) is 0.443. The van der Waals surface area contributed by atoms with Gasteiger partial charge in [-0.15, -0.1) is 0 Å². The molecule has 1 unspecified atom stereocenters. The predicted octanol–water partition coefficient (Wildman–Crippen LogP) is 4.37. The van der Waals surface area contributed by atoms with Gasteiger partial charge in [-0.1, -0.05) is 41.0 Å². The Morgan fingerprint density at radius 1 is 1.00 bits per heavy atom. The van der Waals surface area contributed by atoms with Gasteiger partial charge in [0.15, 0.2) is 13.2 Å². The van der Waals surface area contributed by atoms with E-state index in [0.29, 0.717) is 6.42 Å². The summed E-state index contributed by atoms with van der Waals surface area (Å²) in [5.74, 6) is -7.95. The Labute approximate surface area is 144 Å². The fourth-order valence-corrected chi connectivity index (χ4v) is 1.86. The van der Waals surface area contributed by atoms with Gasteiger partial charge in [0.25, 0.3) is 0 Å². The van der Waals surface area contributed by atoms with E-state index in [4.69, 9.17) is 4.74 Å². The van der Waals surface area contributed by atoms with Gasteiger partial charge in [0.1, 0.15) is 0 Å². The first-order chi connectivity index (χ1) is 11.1. The number of ether oxygens (including phenoxy) is 2. The van der Waals surface area contributed by atoms with Crippen LogP contribution in [0.1, 0.15) is 47.5 Å². The molecule has 1 atom stereocenters. The smallest absolute Gasteiger partial charge is 0.456 e. The van der Waals surface area contributed by atoms with Gasteiger partial charge < -0.3 is 9.47 Å². The molecule has 0 fully saturated rings. The van der Waals surface area contributed by atoms with Crippen LogP contribution in [-0.2, 0) is 19.1 Å². The van der Waals surface area contributed by atoms with Crippen LogP contribution in [0.4, 0.5) is 22.0 Å². The second-order valence-electron chi connectivity index (χ2n) is 7.04. The Hall–Kier alpha value is -1.41. The van der Waals surface area contributed by atoms with Gasteiger partial charge in [-0.2, -0.15) is 22.0 Å². The predicted molar refractivity (Wildman–Crippen MR) is 79.9 cm³/mol. The standard InChI is InChI=1S/C16H25F5O4/c1-6-14(4,5)7-11(10(2)3)13(23)24-8-12(22)25-9-15(17,18)16(19,20)21/h10-11H,6-9H2,1-5H3. The van der Waals surface area contributed by atoms with E-state index >= 15 is 0 Å². The van der Waals surface area contributed by atoms with Crippen molar-refractivity contribution < 1.29 is 41.0 Å². The number of hydrogen-bond donors (Lipinski definition) is 0. The van der Waals surface area contributed by atoms with E-state index in [2.05, 4.69) is 4.74 Å². The van der Waals surface area contributed by atoms with E-state index in [9.17, 15) is 31.5 Å². The summed E-state index contributed by atoms with van der Waals surface area (Å²) in [6, 6.07) is 0. The van der Waals surface area contributed by atoms with Gasteiger partial charge in [0, 0.05) is 0 Å². The van der Waals surface area contributed by atoms with Gasteiger partial charge >= 0.3 is 24.0 Å². The molecule has 0 aliphatic rings. The molecule has 9 heteroatoms. The van der Waals surface area contributed by atoms with E-state index in [1.165, 1.54) is 0 Å². The molecular formula is C16H25F5O4. The van der Waals surface area contributed by atoms with Crippen molar-refractivity contribution in [1.29, 1.82) is 0 Å². The SMILES string of the molecule is CCC(C)(C)CC(C(=O)OCC(=O)OCC(F)(F)C(F)(F)F)C(C)C. The molecule has 0 heterocycles. The number of alkyl halides is 5. The molecule has 0 aromatic rings. The van der Waals surface area contributed by atoms with Crippen molar-refractivity contribution in [3.8, 4) is 0 Å². The van der Waals surface area contributed by atoms with Crippen molar-refractivity contribution in [3.05, 3.63) is 0 Å². The van der Waals surface area contributed by atoms with Crippen molar-refractivity contribution in [1.82, 2.24) is 0 Å². The minimum absolute atomic E-state index is 0.0936. The second kappa shape index (κ2) is 8.80. The van der Waals surface area contributed by atoms with Gasteiger partial charge in [-0.05, 0) is 17.8 Å². The van der Waals surface area contributed by atoms with Crippen LogP contribution >= 0.6 is 0 Å². The highest BCUT2D eigenvalue weighted by atomic mass is 19.4. The third-order valence-electron chi connectivity index (χ3n) is 4.00. The summed E-state index contributed by atoms with van der Waals surface area (Å²) < 4.78 is 69.7. The van der Waals surface area contributed by atoms with Crippen molar-refractivity contribution in [3.63, 3.8) is 0 Å². The van der Waals surface area contributed by atoms with E-state index in [1.807, 2.05) is 20.8 Å². The molecule has 4 nitrogen and oxygen atoms in total. The van der Waals surface area contributed by atoms with E-state index in [0.717, 1.165) is 6.42 Å². The van der Waals surface area contributed by atoms with Crippen molar-refractivity contribution in [2.75, 3.05) is 13.2 Å². The van der Waals surface area contributed by atoms with Crippen molar-refractivity contribution >= 4 is 11.9 Å². The van der Waals surface area contributed by atoms with Crippen LogP contribution in [-0.4, -0.2) is 37.3 Å². The number of esters is 2. The summed E-state index contributed by atoms with van der Waals surface area (Å²) in [6.45, 7) is 6.30. The van der Waals surface area contributed by atoms with Crippen molar-refractivity contribution in [2.45, 2.75) is 59.6 Å². The van der Waals surface area contributed by atoms with Crippen molar-refractivity contribution in [2.24, 2.45) is 17.3 Å². The first-order valence-electron chi connectivity index (χ1n) is 7.90.